The van der Waals surface area contributed by atoms with E-state index in [1.165, 1.54) is 0 Å². The highest BCUT2D eigenvalue weighted by Gasteiger charge is 2.29. The molecule has 6 N–H and O–H groups in total. The summed E-state index contributed by atoms with van der Waals surface area (Å²) in [7, 11) is 0. The monoisotopic (exact) mass is 240 g/mol. The predicted molar refractivity (Wildman–Crippen MR) is 50.6 cm³/mol. The number of aliphatic hydroxyl groups is 4. The van der Waals surface area contributed by atoms with Crippen LogP contribution in [-0.4, -0.2) is 68.0 Å². The van der Waals surface area contributed by atoms with Crippen molar-refractivity contribution in [3.63, 3.8) is 0 Å². The van der Waals surface area contributed by atoms with Crippen molar-refractivity contribution in [2.24, 2.45) is 5.92 Å². The predicted octanol–water partition coefficient (Wildman–Crippen LogP) is -2.52. The average molecular weight is 240 g/mol. The lowest BCUT2D eigenvalue weighted by Gasteiger charge is -2.07. The molecule has 8 nitrogen and oxygen atoms in total. The first-order valence-electron chi connectivity index (χ1n) is 4.31. The van der Waals surface area contributed by atoms with Crippen molar-refractivity contribution in [1.29, 1.82) is 0 Å². The van der Waals surface area contributed by atoms with Crippen molar-refractivity contribution in [2.45, 2.75) is 19.1 Å². The van der Waals surface area contributed by atoms with E-state index in [9.17, 15) is 9.59 Å². The molecule has 0 spiro atoms. The van der Waals surface area contributed by atoms with E-state index in [2.05, 4.69) is 0 Å². The van der Waals surface area contributed by atoms with Gasteiger partial charge in [-0.05, 0) is 0 Å². The van der Waals surface area contributed by atoms with E-state index in [0.29, 0.717) is 0 Å². The Balaban J connectivity index is 0. The number of carbonyl (C=O) groups is 2. The van der Waals surface area contributed by atoms with Crippen molar-refractivity contribution in [3.8, 4) is 0 Å². The molecule has 0 fully saturated rings. The van der Waals surface area contributed by atoms with Crippen LogP contribution in [0.2, 0.25) is 0 Å². The van der Waals surface area contributed by atoms with E-state index in [1.54, 1.807) is 6.92 Å². The topological polar surface area (TPSA) is 156 Å². The molecular formula is C8H16O8. The summed E-state index contributed by atoms with van der Waals surface area (Å²) in [6.07, 6.45) is -4.53. The number of aliphatic hydroxyl groups excluding tert-OH is 4. The van der Waals surface area contributed by atoms with Crippen molar-refractivity contribution >= 4 is 11.9 Å². The molecule has 0 aliphatic heterocycles. The molecule has 0 radical (unpaired) electrons. The Bertz CT molecular complexity index is 194. The Labute approximate surface area is 91.4 Å². The van der Waals surface area contributed by atoms with Gasteiger partial charge in [-0.2, -0.15) is 0 Å². The lowest BCUT2D eigenvalue weighted by molar-refractivity contribution is -0.165. The van der Waals surface area contributed by atoms with E-state index in [0.717, 1.165) is 0 Å². The largest absolute Gasteiger partial charge is 0.479 e. The summed E-state index contributed by atoms with van der Waals surface area (Å²) in [5.74, 6) is -3.49. The third kappa shape index (κ3) is 8.12. The summed E-state index contributed by atoms with van der Waals surface area (Å²) >= 11 is 0. The van der Waals surface area contributed by atoms with E-state index in [4.69, 9.17) is 30.6 Å². The highest BCUT2D eigenvalue weighted by molar-refractivity contribution is 5.83. The minimum atomic E-state index is -2.27. The Hall–Kier alpha value is -1.22. The fraction of sp³-hybridized carbons (Fsp3) is 0.750. The number of carboxylic acids is 2. The van der Waals surface area contributed by atoms with E-state index >= 15 is 0 Å². The first-order chi connectivity index (χ1) is 7.27. The molecule has 2 unspecified atom stereocenters. The summed E-state index contributed by atoms with van der Waals surface area (Å²) in [5.41, 5.74) is 0. The SMILES string of the molecule is CC(CO)CO.O=C(O)C(O)C(O)C(=O)O. The molecule has 0 saturated carbocycles. The van der Waals surface area contributed by atoms with Gasteiger partial charge in [0.2, 0.25) is 0 Å². The van der Waals surface area contributed by atoms with Crippen molar-refractivity contribution in [1.82, 2.24) is 0 Å². The number of aliphatic carboxylic acids is 2. The van der Waals surface area contributed by atoms with Gasteiger partial charge < -0.3 is 30.6 Å². The third-order valence-corrected chi connectivity index (χ3v) is 1.43. The lowest BCUT2D eigenvalue weighted by Crippen LogP contribution is -2.39. The van der Waals surface area contributed by atoms with E-state index in [-0.39, 0.29) is 19.1 Å². The summed E-state index contributed by atoms with van der Waals surface area (Å²) in [6, 6.07) is 0. The molecule has 2 atom stereocenters. The van der Waals surface area contributed by atoms with Gasteiger partial charge in [0.15, 0.2) is 12.2 Å². The Morgan fingerprint density at radius 3 is 1.25 bits per heavy atom. The van der Waals surface area contributed by atoms with Crippen LogP contribution in [-0.2, 0) is 9.59 Å². The average Bonchev–Trinajstić information content (AvgIpc) is 2.26. The Morgan fingerprint density at radius 2 is 1.19 bits per heavy atom. The van der Waals surface area contributed by atoms with E-state index < -0.39 is 24.1 Å². The van der Waals surface area contributed by atoms with Crippen LogP contribution in [0.3, 0.4) is 0 Å². The van der Waals surface area contributed by atoms with Crippen LogP contribution < -0.4 is 0 Å². The maximum atomic E-state index is 9.77. The van der Waals surface area contributed by atoms with Gasteiger partial charge in [-0.15, -0.1) is 0 Å². The van der Waals surface area contributed by atoms with Gasteiger partial charge in [-0.25, -0.2) is 9.59 Å². The number of hydrogen-bond acceptors (Lipinski definition) is 6. The fourth-order valence-corrected chi connectivity index (χ4v) is 0.328. The van der Waals surface area contributed by atoms with E-state index in [1.807, 2.05) is 0 Å². The summed E-state index contributed by atoms with van der Waals surface area (Å²) in [4.78, 5) is 19.5. The minimum Gasteiger partial charge on any atom is -0.479 e. The summed E-state index contributed by atoms with van der Waals surface area (Å²) in [6.45, 7) is 1.94. The Morgan fingerprint density at radius 1 is 0.938 bits per heavy atom. The maximum Gasteiger partial charge on any atom is 0.335 e. The van der Waals surface area contributed by atoms with Gasteiger partial charge in [-0.1, -0.05) is 6.92 Å². The first-order valence-corrected chi connectivity index (χ1v) is 4.31. The molecule has 0 amide bonds. The molecule has 0 saturated heterocycles. The number of carboxylic acid groups (broad SMARTS) is 2. The highest BCUT2D eigenvalue weighted by atomic mass is 16.4. The van der Waals surface area contributed by atoms with Crippen molar-refractivity contribution in [2.75, 3.05) is 13.2 Å². The normalized spacial score (nSPS) is 13.6. The third-order valence-electron chi connectivity index (χ3n) is 1.43. The molecule has 0 aliphatic rings. The quantitative estimate of drug-likeness (QED) is 0.307. The van der Waals surface area contributed by atoms with Crippen molar-refractivity contribution < 1.29 is 40.2 Å². The van der Waals surface area contributed by atoms with Crippen molar-refractivity contribution in [3.05, 3.63) is 0 Å². The summed E-state index contributed by atoms with van der Waals surface area (Å²) in [5, 5.41) is 48.9. The van der Waals surface area contributed by atoms with Gasteiger partial charge in [-0.3, -0.25) is 0 Å². The molecule has 0 heterocycles. The minimum absolute atomic E-state index is 0.0463. The standard InChI is InChI=1S/C4H6O6.C4H10O2/c5-1(3(7)8)2(6)4(9)10;1-4(2-5)3-6/h1-2,5-6H,(H,7,8)(H,9,10);4-6H,2-3H2,1H3. The molecule has 0 aromatic carbocycles. The first kappa shape index (κ1) is 17.2. The van der Waals surface area contributed by atoms with Crippen LogP contribution in [0.5, 0.6) is 0 Å². The molecule has 96 valence electrons. The lowest BCUT2D eigenvalue weighted by atomic mass is 10.2. The van der Waals surface area contributed by atoms with Gasteiger partial charge >= 0.3 is 11.9 Å². The number of hydrogen-bond donors (Lipinski definition) is 6. The maximum absolute atomic E-state index is 9.77. The smallest absolute Gasteiger partial charge is 0.335 e. The molecule has 0 aliphatic carbocycles. The zero-order chi connectivity index (χ0) is 13.3. The molecular weight excluding hydrogens is 224 g/mol. The Kier molecular flexibility index (Phi) is 9.71. The van der Waals surface area contributed by atoms with Crippen LogP contribution in [0.25, 0.3) is 0 Å². The number of rotatable bonds is 5. The van der Waals surface area contributed by atoms with Crippen LogP contribution in [0.4, 0.5) is 0 Å². The molecule has 0 aromatic rings. The molecule has 0 aromatic heterocycles. The second kappa shape index (κ2) is 9.04. The van der Waals surface area contributed by atoms with Crippen LogP contribution in [0.1, 0.15) is 6.92 Å². The second-order valence-corrected chi connectivity index (χ2v) is 3.04. The fourth-order valence-electron chi connectivity index (χ4n) is 0.328. The van der Waals surface area contributed by atoms with Crippen LogP contribution >= 0.6 is 0 Å². The zero-order valence-electron chi connectivity index (χ0n) is 8.65. The van der Waals surface area contributed by atoms with Gasteiger partial charge in [0.05, 0.1) is 0 Å². The van der Waals surface area contributed by atoms with Crippen LogP contribution in [0, 0.1) is 5.92 Å². The molecule has 16 heavy (non-hydrogen) atoms. The highest BCUT2D eigenvalue weighted by Crippen LogP contribution is 1.92. The molecule has 0 rings (SSSR count). The van der Waals surface area contributed by atoms with Gasteiger partial charge in [0.1, 0.15) is 0 Å². The molecule has 0 bridgehead atoms. The molecule has 8 heteroatoms. The van der Waals surface area contributed by atoms with Gasteiger partial charge in [0.25, 0.3) is 0 Å². The second-order valence-electron chi connectivity index (χ2n) is 3.04. The summed E-state index contributed by atoms with van der Waals surface area (Å²) < 4.78 is 0. The van der Waals surface area contributed by atoms with Gasteiger partial charge in [0, 0.05) is 19.1 Å². The zero-order valence-corrected chi connectivity index (χ0v) is 8.65. The van der Waals surface area contributed by atoms with Crippen LogP contribution in [0.15, 0.2) is 0 Å².